The summed E-state index contributed by atoms with van der Waals surface area (Å²) in [5.41, 5.74) is 3.15. The van der Waals surface area contributed by atoms with Crippen LogP contribution in [0.25, 0.3) is 0 Å². The van der Waals surface area contributed by atoms with E-state index in [0.29, 0.717) is 6.04 Å². The maximum absolute atomic E-state index is 3.65. The summed E-state index contributed by atoms with van der Waals surface area (Å²) in [6.45, 7) is 3.26. The van der Waals surface area contributed by atoms with Gasteiger partial charge >= 0.3 is 0 Å². The molecule has 2 fully saturated rings. The van der Waals surface area contributed by atoms with Gasteiger partial charge in [-0.3, -0.25) is 0 Å². The zero-order chi connectivity index (χ0) is 12.2. The zero-order valence-electron chi connectivity index (χ0n) is 11.1. The molecule has 1 aromatic carbocycles. The van der Waals surface area contributed by atoms with Gasteiger partial charge in [-0.05, 0) is 29.9 Å². The highest BCUT2D eigenvalue weighted by Crippen LogP contribution is 2.36. The zero-order valence-corrected chi connectivity index (χ0v) is 11.1. The van der Waals surface area contributed by atoms with Crippen LogP contribution in [-0.2, 0) is 0 Å². The molecule has 1 aliphatic carbocycles. The molecule has 1 saturated heterocycles. The highest BCUT2D eigenvalue weighted by molar-refractivity contribution is 5.34. The molecule has 1 aromatic rings. The van der Waals surface area contributed by atoms with Crippen LogP contribution in [0.3, 0.4) is 0 Å². The van der Waals surface area contributed by atoms with Crippen molar-refractivity contribution in [3.63, 3.8) is 0 Å². The molecule has 0 amide bonds. The average molecular weight is 244 g/mol. The Hall–Kier alpha value is -0.860. The van der Waals surface area contributed by atoms with Crippen LogP contribution in [0.5, 0.6) is 0 Å². The average Bonchev–Trinajstić information content (AvgIpc) is 2.49. The van der Waals surface area contributed by atoms with E-state index in [4.69, 9.17) is 0 Å². The SMILES string of the molecule is c1ccc([C@@H]2CNCCN2)c(C2CCCCC2)c1. The molecule has 0 spiro atoms. The smallest absolute Gasteiger partial charge is 0.0450 e. The predicted molar refractivity (Wildman–Crippen MR) is 75.9 cm³/mol. The molecule has 1 saturated carbocycles. The van der Waals surface area contributed by atoms with Crippen molar-refractivity contribution in [2.45, 2.75) is 44.1 Å². The van der Waals surface area contributed by atoms with Gasteiger partial charge in [0.2, 0.25) is 0 Å². The van der Waals surface area contributed by atoms with Crippen molar-refractivity contribution in [2.75, 3.05) is 19.6 Å². The molecule has 0 unspecified atom stereocenters. The molecule has 0 aromatic heterocycles. The van der Waals surface area contributed by atoms with Crippen LogP contribution in [0.4, 0.5) is 0 Å². The van der Waals surface area contributed by atoms with Gasteiger partial charge in [0.1, 0.15) is 0 Å². The summed E-state index contributed by atoms with van der Waals surface area (Å²) in [4.78, 5) is 0. The van der Waals surface area contributed by atoms with Crippen molar-refractivity contribution in [3.8, 4) is 0 Å². The van der Waals surface area contributed by atoms with Gasteiger partial charge in [-0.2, -0.15) is 0 Å². The molecule has 1 atom stereocenters. The Balaban J connectivity index is 1.83. The summed E-state index contributed by atoms with van der Waals surface area (Å²) in [5.74, 6) is 0.804. The Labute approximate surface area is 110 Å². The standard InChI is InChI=1S/C16H24N2/c1-2-6-13(7-3-1)14-8-4-5-9-15(14)16-12-17-10-11-18-16/h4-5,8-9,13,16-18H,1-3,6-7,10-12H2/t16-/m0/s1. The van der Waals surface area contributed by atoms with Gasteiger partial charge in [0.15, 0.2) is 0 Å². The number of rotatable bonds is 2. The normalized spacial score (nSPS) is 26.1. The van der Waals surface area contributed by atoms with Crippen LogP contribution in [0.15, 0.2) is 24.3 Å². The van der Waals surface area contributed by atoms with Crippen LogP contribution < -0.4 is 10.6 Å². The second-order valence-electron chi connectivity index (χ2n) is 5.67. The maximum atomic E-state index is 3.65. The minimum Gasteiger partial charge on any atom is -0.314 e. The lowest BCUT2D eigenvalue weighted by molar-refractivity contribution is 0.411. The molecule has 1 aliphatic heterocycles. The fraction of sp³-hybridized carbons (Fsp3) is 0.625. The first-order valence-electron chi connectivity index (χ1n) is 7.48. The highest BCUT2D eigenvalue weighted by atomic mass is 15.1. The molecular formula is C16H24N2. The summed E-state index contributed by atoms with van der Waals surface area (Å²) in [7, 11) is 0. The van der Waals surface area contributed by atoms with E-state index in [1.165, 1.54) is 37.7 Å². The van der Waals surface area contributed by atoms with Gasteiger partial charge in [-0.1, -0.05) is 43.5 Å². The first-order chi connectivity index (χ1) is 8.95. The van der Waals surface area contributed by atoms with Gasteiger partial charge in [-0.15, -0.1) is 0 Å². The van der Waals surface area contributed by atoms with Gasteiger partial charge in [0, 0.05) is 25.7 Å². The van der Waals surface area contributed by atoms with E-state index in [2.05, 4.69) is 34.9 Å². The van der Waals surface area contributed by atoms with E-state index in [0.717, 1.165) is 25.6 Å². The van der Waals surface area contributed by atoms with Gasteiger partial charge in [-0.25, -0.2) is 0 Å². The van der Waals surface area contributed by atoms with E-state index < -0.39 is 0 Å². The fourth-order valence-electron chi connectivity index (χ4n) is 3.49. The topological polar surface area (TPSA) is 24.1 Å². The summed E-state index contributed by atoms with van der Waals surface area (Å²) in [6, 6.07) is 9.61. The molecule has 0 radical (unpaired) electrons. The molecule has 18 heavy (non-hydrogen) atoms. The molecule has 2 nitrogen and oxygen atoms in total. The van der Waals surface area contributed by atoms with Crippen LogP contribution >= 0.6 is 0 Å². The van der Waals surface area contributed by atoms with E-state index in [1.807, 2.05) is 0 Å². The van der Waals surface area contributed by atoms with Crippen molar-refractivity contribution in [1.82, 2.24) is 10.6 Å². The minimum absolute atomic E-state index is 0.511. The summed E-state index contributed by atoms with van der Waals surface area (Å²) in [5, 5.41) is 7.15. The lowest BCUT2D eigenvalue weighted by atomic mass is 9.80. The van der Waals surface area contributed by atoms with E-state index in [-0.39, 0.29) is 0 Å². The maximum Gasteiger partial charge on any atom is 0.0450 e. The number of piperazine rings is 1. The monoisotopic (exact) mass is 244 g/mol. The van der Waals surface area contributed by atoms with Crippen LogP contribution in [-0.4, -0.2) is 19.6 Å². The number of benzene rings is 1. The van der Waals surface area contributed by atoms with Gasteiger partial charge in [0.05, 0.1) is 0 Å². The third-order valence-electron chi connectivity index (χ3n) is 4.46. The van der Waals surface area contributed by atoms with Crippen LogP contribution in [0.2, 0.25) is 0 Å². The quantitative estimate of drug-likeness (QED) is 0.836. The molecule has 2 aliphatic rings. The molecule has 0 bridgehead atoms. The molecule has 1 heterocycles. The third-order valence-corrected chi connectivity index (χ3v) is 4.46. The van der Waals surface area contributed by atoms with E-state index in [9.17, 15) is 0 Å². The van der Waals surface area contributed by atoms with E-state index >= 15 is 0 Å². The molecule has 98 valence electrons. The summed E-state index contributed by atoms with van der Waals surface area (Å²) >= 11 is 0. The largest absolute Gasteiger partial charge is 0.314 e. The van der Waals surface area contributed by atoms with Gasteiger partial charge in [0.25, 0.3) is 0 Å². The first-order valence-corrected chi connectivity index (χ1v) is 7.48. The Morgan fingerprint density at radius 2 is 1.67 bits per heavy atom. The van der Waals surface area contributed by atoms with Crippen molar-refractivity contribution in [2.24, 2.45) is 0 Å². The number of nitrogens with one attached hydrogen (secondary N) is 2. The Bertz CT molecular complexity index is 339. The van der Waals surface area contributed by atoms with Crippen LogP contribution in [0.1, 0.15) is 55.2 Å². The lowest BCUT2D eigenvalue weighted by Crippen LogP contribution is -2.43. The van der Waals surface area contributed by atoms with E-state index in [1.54, 1.807) is 5.56 Å². The molecular weight excluding hydrogens is 220 g/mol. The predicted octanol–water partition coefficient (Wildman–Crippen LogP) is 2.97. The van der Waals surface area contributed by atoms with Gasteiger partial charge < -0.3 is 10.6 Å². The minimum atomic E-state index is 0.511. The summed E-state index contributed by atoms with van der Waals surface area (Å²) < 4.78 is 0. The molecule has 2 N–H and O–H groups in total. The van der Waals surface area contributed by atoms with Crippen molar-refractivity contribution in [3.05, 3.63) is 35.4 Å². The molecule has 3 rings (SSSR count). The van der Waals surface area contributed by atoms with Crippen molar-refractivity contribution in [1.29, 1.82) is 0 Å². The first kappa shape index (κ1) is 12.2. The summed E-state index contributed by atoms with van der Waals surface area (Å²) in [6.07, 6.45) is 7.03. The Kier molecular flexibility index (Phi) is 3.96. The van der Waals surface area contributed by atoms with Crippen molar-refractivity contribution < 1.29 is 0 Å². The highest BCUT2D eigenvalue weighted by Gasteiger charge is 2.22. The number of hydrogen-bond acceptors (Lipinski definition) is 2. The third kappa shape index (κ3) is 2.60. The molecule has 2 heteroatoms. The van der Waals surface area contributed by atoms with Crippen molar-refractivity contribution >= 4 is 0 Å². The Morgan fingerprint density at radius 3 is 2.39 bits per heavy atom. The second kappa shape index (κ2) is 5.85. The second-order valence-corrected chi connectivity index (χ2v) is 5.67. The Morgan fingerprint density at radius 1 is 0.889 bits per heavy atom. The lowest BCUT2D eigenvalue weighted by Gasteiger charge is -2.30. The van der Waals surface area contributed by atoms with Crippen LogP contribution in [0, 0.1) is 0 Å². The number of hydrogen-bond donors (Lipinski definition) is 2. The fourth-order valence-corrected chi connectivity index (χ4v) is 3.49.